The average Bonchev–Trinajstić information content (AvgIpc) is 2.71. The number of nitro benzene ring substituents is 1. The van der Waals surface area contributed by atoms with Gasteiger partial charge >= 0.3 is 0 Å². The second-order valence-corrected chi connectivity index (χ2v) is 9.11. The van der Waals surface area contributed by atoms with Gasteiger partial charge in [-0.2, -0.15) is 0 Å². The summed E-state index contributed by atoms with van der Waals surface area (Å²) < 4.78 is 1.60. The smallest absolute Gasteiger partial charge is 0.271 e. The van der Waals surface area contributed by atoms with Crippen LogP contribution in [0.15, 0.2) is 52.4 Å². The van der Waals surface area contributed by atoms with Crippen LogP contribution in [0.4, 0.5) is 11.4 Å². The average molecular weight is 461 g/mol. The monoisotopic (exact) mass is 460 g/mol. The number of nitrogens with one attached hydrogen (secondary N) is 1. The van der Waals surface area contributed by atoms with Gasteiger partial charge < -0.3 is 5.32 Å². The van der Waals surface area contributed by atoms with Crippen LogP contribution in [-0.2, 0) is 11.3 Å². The molecule has 2 aromatic carbocycles. The predicted octanol–water partition coefficient (Wildman–Crippen LogP) is 4.73. The summed E-state index contributed by atoms with van der Waals surface area (Å²) in [6, 6.07) is 10.9. The molecule has 3 aromatic rings. The maximum Gasteiger partial charge on any atom is 0.271 e. The van der Waals surface area contributed by atoms with Gasteiger partial charge in [0.1, 0.15) is 0 Å². The Hall–Kier alpha value is -2.91. The normalized spacial score (nSPS) is 12.2. The van der Waals surface area contributed by atoms with Gasteiger partial charge in [-0.05, 0) is 31.0 Å². The number of benzene rings is 2. The molecule has 0 saturated heterocycles. The van der Waals surface area contributed by atoms with E-state index in [0.717, 1.165) is 0 Å². The number of hydrogen-bond donors (Lipinski definition) is 1. The number of thioether (sulfide) groups is 1. The summed E-state index contributed by atoms with van der Waals surface area (Å²) in [4.78, 5) is 40.6. The highest BCUT2D eigenvalue weighted by Gasteiger charge is 2.21. The van der Waals surface area contributed by atoms with Gasteiger partial charge in [-0.1, -0.05) is 49.3 Å². The lowest BCUT2D eigenvalue weighted by Crippen LogP contribution is -2.28. The third kappa shape index (κ3) is 5.23. The Bertz CT molecular complexity index is 1210. The van der Waals surface area contributed by atoms with Gasteiger partial charge in [0.25, 0.3) is 11.2 Å². The van der Waals surface area contributed by atoms with Crippen molar-refractivity contribution in [3.63, 3.8) is 0 Å². The van der Waals surface area contributed by atoms with Crippen molar-refractivity contribution >= 4 is 51.5 Å². The number of carbonyl (C=O) groups excluding carboxylic acids is 1. The molecule has 3 rings (SSSR count). The first-order valence-corrected chi connectivity index (χ1v) is 10.8. The number of non-ortho nitro benzene ring substituents is 1. The van der Waals surface area contributed by atoms with Gasteiger partial charge in [-0.15, -0.1) is 0 Å². The second kappa shape index (κ2) is 9.49. The predicted molar refractivity (Wildman–Crippen MR) is 123 cm³/mol. The largest absolute Gasteiger partial charge is 0.324 e. The maximum absolute atomic E-state index is 13.0. The fraction of sp³-hybridized carbons (Fsp3) is 0.286. The molecule has 0 aliphatic carbocycles. The Morgan fingerprint density at radius 1 is 1.26 bits per heavy atom. The Balaban J connectivity index is 1.87. The van der Waals surface area contributed by atoms with Crippen molar-refractivity contribution in [2.45, 2.75) is 37.7 Å². The lowest BCUT2D eigenvalue weighted by Gasteiger charge is -2.17. The summed E-state index contributed by atoms with van der Waals surface area (Å²) in [6.45, 7) is 6.17. The SMILES string of the molecule is CC(C)Cn1c(S[C@@H](C)C(=O)Nc2ccc([N+](=O)[O-])cc2Cl)nc2ccccc2c1=O. The molecule has 0 saturated carbocycles. The Morgan fingerprint density at radius 2 is 1.97 bits per heavy atom. The number of hydrogen-bond acceptors (Lipinski definition) is 6. The minimum Gasteiger partial charge on any atom is -0.324 e. The number of para-hydroxylation sites is 1. The molecular weight excluding hydrogens is 440 g/mol. The van der Waals surface area contributed by atoms with Crippen LogP contribution in [0.5, 0.6) is 0 Å². The molecule has 0 unspecified atom stereocenters. The zero-order valence-electron chi connectivity index (χ0n) is 17.2. The molecule has 31 heavy (non-hydrogen) atoms. The van der Waals surface area contributed by atoms with Crippen LogP contribution in [0.3, 0.4) is 0 Å². The van der Waals surface area contributed by atoms with Gasteiger partial charge in [0.2, 0.25) is 5.91 Å². The van der Waals surface area contributed by atoms with Gasteiger partial charge in [-0.3, -0.25) is 24.3 Å². The number of fused-ring (bicyclic) bond motifs is 1. The van der Waals surface area contributed by atoms with E-state index >= 15 is 0 Å². The number of aromatic nitrogens is 2. The first kappa shape index (κ1) is 22.8. The van der Waals surface area contributed by atoms with Crippen LogP contribution in [0, 0.1) is 16.0 Å². The third-order valence-electron chi connectivity index (χ3n) is 4.45. The van der Waals surface area contributed by atoms with Crippen molar-refractivity contribution < 1.29 is 9.72 Å². The van der Waals surface area contributed by atoms with Crippen molar-refractivity contribution in [3.8, 4) is 0 Å². The number of nitro groups is 1. The molecule has 1 N–H and O–H groups in total. The Morgan fingerprint density at radius 3 is 2.61 bits per heavy atom. The zero-order chi connectivity index (χ0) is 22.7. The van der Waals surface area contributed by atoms with Crippen LogP contribution in [0.25, 0.3) is 10.9 Å². The summed E-state index contributed by atoms with van der Waals surface area (Å²) in [6.07, 6.45) is 0. The highest BCUT2D eigenvalue weighted by molar-refractivity contribution is 8.00. The summed E-state index contributed by atoms with van der Waals surface area (Å²) in [5.41, 5.74) is 0.535. The van der Waals surface area contributed by atoms with Crippen LogP contribution in [0.2, 0.25) is 5.02 Å². The first-order chi connectivity index (χ1) is 14.7. The van der Waals surface area contributed by atoms with Crippen molar-refractivity contribution in [3.05, 3.63) is 68.0 Å². The molecule has 0 spiro atoms. The topological polar surface area (TPSA) is 107 Å². The van der Waals surface area contributed by atoms with E-state index in [0.29, 0.717) is 22.6 Å². The van der Waals surface area contributed by atoms with E-state index in [2.05, 4.69) is 10.3 Å². The number of carbonyl (C=O) groups is 1. The lowest BCUT2D eigenvalue weighted by atomic mass is 10.2. The third-order valence-corrected chi connectivity index (χ3v) is 5.85. The quantitative estimate of drug-likeness (QED) is 0.236. The van der Waals surface area contributed by atoms with Gasteiger partial charge in [0.15, 0.2) is 5.16 Å². The molecule has 0 bridgehead atoms. The van der Waals surface area contributed by atoms with Gasteiger partial charge in [-0.25, -0.2) is 4.98 Å². The van der Waals surface area contributed by atoms with Crippen molar-refractivity contribution in [1.82, 2.24) is 9.55 Å². The molecule has 1 aromatic heterocycles. The molecule has 0 radical (unpaired) electrons. The number of nitrogens with zero attached hydrogens (tertiary/aromatic N) is 3. The molecule has 0 fully saturated rings. The number of halogens is 1. The van der Waals surface area contributed by atoms with E-state index in [1.807, 2.05) is 19.9 Å². The van der Waals surface area contributed by atoms with Crippen molar-refractivity contribution in [2.24, 2.45) is 5.92 Å². The summed E-state index contributed by atoms with van der Waals surface area (Å²) >= 11 is 7.24. The molecule has 1 amide bonds. The molecule has 0 aliphatic heterocycles. The van der Waals surface area contributed by atoms with E-state index in [9.17, 15) is 19.7 Å². The summed E-state index contributed by atoms with van der Waals surface area (Å²) in [7, 11) is 0. The molecule has 162 valence electrons. The number of rotatable bonds is 7. The second-order valence-electron chi connectivity index (χ2n) is 7.39. The fourth-order valence-electron chi connectivity index (χ4n) is 2.93. The van der Waals surface area contributed by atoms with Crippen LogP contribution in [-0.4, -0.2) is 25.6 Å². The van der Waals surface area contributed by atoms with Crippen LogP contribution >= 0.6 is 23.4 Å². The van der Waals surface area contributed by atoms with E-state index in [4.69, 9.17) is 11.6 Å². The van der Waals surface area contributed by atoms with E-state index in [1.54, 1.807) is 29.7 Å². The highest BCUT2D eigenvalue weighted by Crippen LogP contribution is 2.29. The van der Waals surface area contributed by atoms with E-state index in [-0.39, 0.29) is 33.8 Å². The summed E-state index contributed by atoms with van der Waals surface area (Å²) in [5, 5.41) is 14.0. The fourth-order valence-corrected chi connectivity index (χ4v) is 4.07. The maximum atomic E-state index is 13.0. The molecule has 1 atom stereocenters. The van der Waals surface area contributed by atoms with Crippen LogP contribution < -0.4 is 10.9 Å². The lowest BCUT2D eigenvalue weighted by molar-refractivity contribution is -0.384. The summed E-state index contributed by atoms with van der Waals surface area (Å²) in [5.74, 6) is -0.151. The highest BCUT2D eigenvalue weighted by atomic mass is 35.5. The molecule has 1 heterocycles. The zero-order valence-corrected chi connectivity index (χ0v) is 18.7. The molecular formula is C21H21ClN4O4S. The van der Waals surface area contributed by atoms with Crippen LogP contribution in [0.1, 0.15) is 20.8 Å². The standard InChI is InChI=1S/C21H21ClN4O4S/c1-12(2)11-25-20(28)15-6-4-5-7-17(15)24-21(25)31-13(3)19(27)23-18-9-8-14(26(29)30)10-16(18)22/h4-10,12-13H,11H2,1-3H3,(H,23,27)/t13-/m0/s1. The van der Waals surface area contributed by atoms with Crippen molar-refractivity contribution in [1.29, 1.82) is 0 Å². The molecule has 8 nitrogen and oxygen atoms in total. The van der Waals surface area contributed by atoms with Gasteiger partial charge in [0.05, 0.1) is 31.8 Å². The molecule has 0 aliphatic rings. The van der Waals surface area contributed by atoms with Gasteiger partial charge in [0, 0.05) is 18.7 Å². The minimum absolute atomic E-state index is 0.0697. The molecule has 10 heteroatoms. The first-order valence-electron chi connectivity index (χ1n) is 9.58. The number of amides is 1. The number of anilines is 1. The Kier molecular flexibility index (Phi) is 6.97. The Labute approximate surface area is 187 Å². The minimum atomic E-state index is -0.599. The van der Waals surface area contributed by atoms with Crippen molar-refractivity contribution in [2.75, 3.05) is 5.32 Å². The van der Waals surface area contributed by atoms with E-state index in [1.165, 1.54) is 30.0 Å². The van der Waals surface area contributed by atoms with E-state index < -0.39 is 10.2 Å².